The fourth-order valence-corrected chi connectivity index (χ4v) is 3.29. The lowest BCUT2D eigenvalue weighted by atomic mass is 10.0. The van der Waals surface area contributed by atoms with Crippen molar-refractivity contribution < 1.29 is 24.2 Å². The van der Waals surface area contributed by atoms with Crippen LogP contribution < -0.4 is 0 Å². The van der Waals surface area contributed by atoms with E-state index in [2.05, 4.69) is 9.98 Å². The average Bonchev–Trinajstić information content (AvgIpc) is 2.99. The summed E-state index contributed by atoms with van der Waals surface area (Å²) in [5, 5.41) is 21.8. The molecule has 0 amide bonds. The molecular weight excluding hydrogens is 335 g/mol. The SMILES string of the molecule is O=C=NC(C(=O)O)c1ncc2scc(-c3ccc(F)cc3)c2c1O. The van der Waals surface area contributed by atoms with Gasteiger partial charge in [-0.05, 0) is 23.1 Å². The molecule has 0 saturated carbocycles. The first-order chi connectivity index (χ1) is 11.5. The van der Waals surface area contributed by atoms with Crippen LogP contribution in [0.15, 0.2) is 40.8 Å². The van der Waals surface area contributed by atoms with Crippen LogP contribution in [0, 0.1) is 5.82 Å². The van der Waals surface area contributed by atoms with E-state index in [9.17, 15) is 19.1 Å². The molecule has 120 valence electrons. The summed E-state index contributed by atoms with van der Waals surface area (Å²) in [7, 11) is 0. The largest absolute Gasteiger partial charge is 0.505 e. The summed E-state index contributed by atoms with van der Waals surface area (Å²) in [6, 6.07) is 4.03. The van der Waals surface area contributed by atoms with Crippen LogP contribution in [-0.4, -0.2) is 27.2 Å². The highest BCUT2D eigenvalue weighted by Gasteiger charge is 2.26. The van der Waals surface area contributed by atoms with Crippen molar-refractivity contribution in [3.05, 3.63) is 47.4 Å². The van der Waals surface area contributed by atoms with Crippen molar-refractivity contribution in [1.29, 1.82) is 0 Å². The third kappa shape index (κ3) is 2.64. The van der Waals surface area contributed by atoms with Gasteiger partial charge in [-0.25, -0.2) is 14.0 Å². The minimum absolute atomic E-state index is 0.250. The Morgan fingerprint density at radius 1 is 1.33 bits per heavy atom. The summed E-state index contributed by atoms with van der Waals surface area (Å²) >= 11 is 1.30. The quantitative estimate of drug-likeness (QED) is 0.559. The van der Waals surface area contributed by atoms with E-state index >= 15 is 0 Å². The van der Waals surface area contributed by atoms with Crippen LogP contribution in [0.2, 0.25) is 0 Å². The smallest absolute Gasteiger partial charge is 0.335 e. The van der Waals surface area contributed by atoms with Crippen LogP contribution in [-0.2, 0) is 9.59 Å². The fourth-order valence-electron chi connectivity index (χ4n) is 2.36. The minimum atomic E-state index is -1.65. The van der Waals surface area contributed by atoms with Crippen LogP contribution in [0.1, 0.15) is 11.7 Å². The Balaban J connectivity index is 2.24. The molecule has 1 unspecified atom stereocenters. The molecule has 0 spiro atoms. The number of carbonyl (C=O) groups is 1. The van der Waals surface area contributed by atoms with Crippen LogP contribution >= 0.6 is 11.3 Å². The monoisotopic (exact) mass is 344 g/mol. The second-order valence-corrected chi connectivity index (χ2v) is 5.76. The number of nitrogens with zero attached hydrogens (tertiary/aromatic N) is 2. The molecule has 2 N–H and O–H groups in total. The Hall–Kier alpha value is -3.09. The number of aliphatic carboxylic acids is 1. The molecule has 0 aliphatic carbocycles. The number of pyridine rings is 1. The van der Waals surface area contributed by atoms with Gasteiger partial charge in [-0.15, -0.1) is 11.3 Å². The van der Waals surface area contributed by atoms with Crippen molar-refractivity contribution in [1.82, 2.24) is 4.98 Å². The molecule has 2 heterocycles. The highest BCUT2D eigenvalue weighted by atomic mass is 32.1. The second-order valence-electron chi connectivity index (χ2n) is 4.85. The number of thiophene rings is 1. The van der Waals surface area contributed by atoms with Crippen molar-refractivity contribution in [3.63, 3.8) is 0 Å². The van der Waals surface area contributed by atoms with Gasteiger partial charge in [0.25, 0.3) is 0 Å². The number of benzene rings is 1. The van der Waals surface area contributed by atoms with Gasteiger partial charge in [0, 0.05) is 17.1 Å². The van der Waals surface area contributed by atoms with Gasteiger partial charge < -0.3 is 10.2 Å². The van der Waals surface area contributed by atoms with E-state index in [0.29, 0.717) is 21.2 Å². The molecule has 1 atom stereocenters. The summed E-state index contributed by atoms with van der Waals surface area (Å²) in [6.45, 7) is 0. The van der Waals surface area contributed by atoms with Crippen molar-refractivity contribution in [2.45, 2.75) is 6.04 Å². The summed E-state index contributed by atoms with van der Waals surface area (Å²) < 4.78 is 13.7. The predicted molar refractivity (Wildman–Crippen MR) is 85.2 cm³/mol. The van der Waals surface area contributed by atoms with E-state index in [1.807, 2.05) is 0 Å². The zero-order valence-electron chi connectivity index (χ0n) is 11.9. The first-order valence-electron chi connectivity index (χ1n) is 6.67. The molecule has 8 heteroatoms. The Bertz CT molecular complexity index is 976. The first-order valence-corrected chi connectivity index (χ1v) is 7.55. The van der Waals surface area contributed by atoms with Gasteiger partial charge in [0.15, 0.2) is 0 Å². The van der Waals surface area contributed by atoms with Crippen LogP contribution in [0.25, 0.3) is 21.2 Å². The zero-order valence-corrected chi connectivity index (χ0v) is 12.7. The maximum atomic E-state index is 13.1. The van der Waals surface area contributed by atoms with Gasteiger partial charge in [0.2, 0.25) is 12.1 Å². The third-order valence-electron chi connectivity index (χ3n) is 3.45. The van der Waals surface area contributed by atoms with Crippen molar-refractivity contribution in [3.8, 4) is 16.9 Å². The number of aliphatic imine (C=N–C) groups is 1. The van der Waals surface area contributed by atoms with E-state index in [-0.39, 0.29) is 11.4 Å². The number of carboxylic acid groups (broad SMARTS) is 1. The summed E-state index contributed by atoms with van der Waals surface area (Å²) in [5.41, 5.74) is 1.01. The lowest BCUT2D eigenvalue weighted by molar-refractivity contribution is -0.138. The molecule has 0 fully saturated rings. The fraction of sp³-hybridized carbons (Fsp3) is 0.0625. The third-order valence-corrected chi connectivity index (χ3v) is 4.37. The zero-order chi connectivity index (χ0) is 17.3. The van der Waals surface area contributed by atoms with Crippen molar-refractivity contribution in [2.24, 2.45) is 4.99 Å². The van der Waals surface area contributed by atoms with E-state index in [1.54, 1.807) is 17.5 Å². The summed E-state index contributed by atoms with van der Waals surface area (Å²) in [5.74, 6) is -2.20. The number of carbonyl (C=O) groups excluding carboxylic acids is 1. The number of carboxylic acids is 1. The number of hydrogen-bond donors (Lipinski definition) is 2. The van der Waals surface area contributed by atoms with Crippen LogP contribution in [0.4, 0.5) is 4.39 Å². The standard InChI is InChI=1S/C16H9FN2O4S/c17-9-3-1-8(2-4-9)10-6-24-11-5-18-13(15(21)12(10)11)14(16(22)23)19-7-20/h1-6,14,21H,(H,22,23). The second kappa shape index (κ2) is 6.19. The number of aromatic nitrogens is 1. The van der Waals surface area contributed by atoms with Gasteiger partial charge in [0.05, 0.1) is 4.70 Å². The molecule has 0 saturated heterocycles. The van der Waals surface area contributed by atoms with E-state index < -0.39 is 17.8 Å². The topological polar surface area (TPSA) is 99.9 Å². The number of halogens is 1. The molecule has 3 rings (SSSR count). The number of fused-ring (bicyclic) bond motifs is 1. The van der Waals surface area contributed by atoms with Gasteiger partial charge in [-0.3, -0.25) is 4.98 Å². The molecule has 6 nitrogen and oxygen atoms in total. The molecule has 0 radical (unpaired) electrons. The van der Waals surface area contributed by atoms with Crippen molar-refractivity contribution in [2.75, 3.05) is 0 Å². The molecule has 2 aromatic heterocycles. The molecule has 3 aromatic rings. The maximum absolute atomic E-state index is 13.1. The highest BCUT2D eigenvalue weighted by molar-refractivity contribution is 7.17. The Kier molecular flexibility index (Phi) is 4.07. The highest BCUT2D eigenvalue weighted by Crippen LogP contribution is 2.42. The maximum Gasteiger partial charge on any atom is 0.335 e. The average molecular weight is 344 g/mol. The van der Waals surface area contributed by atoms with E-state index in [0.717, 1.165) is 0 Å². The summed E-state index contributed by atoms with van der Waals surface area (Å²) in [4.78, 5) is 28.8. The van der Waals surface area contributed by atoms with E-state index in [1.165, 1.54) is 35.7 Å². The number of aromatic hydroxyl groups is 1. The van der Waals surface area contributed by atoms with Gasteiger partial charge >= 0.3 is 5.97 Å². The number of rotatable bonds is 4. The lowest BCUT2D eigenvalue weighted by Crippen LogP contribution is -2.11. The Morgan fingerprint density at radius 3 is 2.67 bits per heavy atom. The molecule has 0 aliphatic rings. The normalized spacial score (nSPS) is 11.9. The Labute approximate surface area is 138 Å². The van der Waals surface area contributed by atoms with Gasteiger partial charge in [-0.2, -0.15) is 4.99 Å². The molecule has 1 aromatic carbocycles. The Morgan fingerprint density at radius 2 is 2.04 bits per heavy atom. The molecular formula is C16H9FN2O4S. The van der Waals surface area contributed by atoms with Gasteiger partial charge in [-0.1, -0.05) is 12.1 Å². The molecule has 0 bridgehead atoms. The van der Waals surface area contributed by atoms with Gasteiger partial charge in [0.1, 0.15) is 17.3 Å². The number of hydrogen-bond acceptors (Lipinski definition) is 6. The van der Waals surface area contributed by atoms with Crippen LogP contribution in [0.5, 0.6) is 5.75 Å². The molecule has 0 aliphatic heterocycles. The minimum Gasteiger partial charge on any atom is -0.505 e. The van der Waals surface area contributed by atoms with Crippen molar-refractivity contribution >= 4 is 33.5 Å². The van der Waals surface area contributed by atoms with Crippen LogP contribution in [0.3, 0.4) is 0 Å². The summed E-state index contributed by atoms with van der Waals surface area (Å²) in [6.07, 6.45) is 2.57. The lowest BCUT2D eigenvalue weighted by Gasteiger charge is -2.09. The van der Waals surface area contributed by atoms with E-state index in [4.69, 9.17) is 5.11 Å². The predicted octanol–water partition coefficient (Wildman–Crippen LogP) is 3.27. The molecule has 24 heavy (non-hydrogen) atoms. The number of isocyanates is 1. The first kappa shape index (κ1) is 15.8.